The molecule has 2 aromatic heterocycles. The average molecular weight is 552 g/mol. The third kappa shape index (κ3) is 6.24. The van der Waals surface area contributed by atoms with E-state index < -0.39 is 0 Å². The molecule has 1 amide bonds. The Bertz CT molecular complexity index is 1420. The summed E-state index contributed by atoms with van der Waals surface area (Å²) >= 11 is 2.88. The highest BCUT2D eigenvalue weighted by atomic mass is 32.1. The summed E-state index contributed by atoms with van der Waals surface area (Å²) in [7, 11) is 4.69. The summed E-state index contributed by atoms with van der Waals surface area (Å²) in [5.74, 6) is 1.88. The maximum atomic E-state index is 12.2. The van der Waals surface area contributed by atoms with Crippen molar-refractivity contribution >= 4 is 50.9 Å². The summed E-state index contributed by atoms with van der Waals surface area (Å²) in [4.78, 5) is 22.2. The number of carbonyl (C=O) groups is 1. The highest BCUT2D eigenvalue weighted by Gasteiger charge is 2.18. The molecule has 4 aromatic rings. The average Bonchev–Trinajstić information content (AvgIpc) is 3.55. The summed E-state index contributed by atoms with van der Waals surface area (Å²) in [6.45, 7) is 2.03. The molecule has 0 aliphatic rings. The third-order valence-electron chi connectivity index (χ3n) is 5.42. The van der Waals surface area contributed by atoms with Crippen LogP contribution < -0.4 is 30.6 Å². The zero-order valence-electron chi connectivity index (χ0n) is 21.5. The number of anilines is 4. The predicted octanol–water partition coefficient (Wildman–Crippen LogP) is 6.58. The number of aromatic nitrogens is 2. The minimum absolute atomic E-state index is 0.0598. The van der Waals surface area contributed by atoms with Crippen LogP contribution in [0.5, 0.6) is 17.2 Å². The molecule has 0 aliphatic carbocycles. The zero-order valence-corrected chi connectivity index (χ0v) is 23.2. The minimum atomic E-state index is -0.0598. The first-order chi connectivity index (χ1) is 18.4. The van der Waals surface area contributed by atoms with E-state index in [9.17, 15) is 4.79 Å². The number of benzene rings is 2. The Balaban J connectivity index is 1.52. The maximum absolute atomic E-state index is 12.2. The first-order valence-electron chi connectivity index (χ1n) is 11.8. The van der Waals surface area contributed by atoms with Crippen LogP contribution in [0.1, 0.15) is 19.8 Å². The van der Waals surface area contributed by atoms with Crippen molar-refractivity contribution in [3.05, 3.63) is 53.9 Å². The molecular formula is C27H29N5O4S2. The van der Waals surface area contributed by atoms with Crippen molar-refractivity contribution in [1.82, 2.24) is 9.97 Å². The number of methoxy groups -OCH3 is 3. The summed E-state index contributed by atoms with van der Waals surface area (Å²) in [5, 5.41) is 9.52. The van der Waals surface area contributed by atoms with Crippen molar-refractivity contribution < 1.29 is 19.0 Å². The molecule has 198 valence electrons. The first-order valence-corrected chi connectivity index (χ1v) is 13.5. The molecule has 9 nitrogen and oxygen atoms in total. The molecule has 4 rings (SSSR count). The molecule has 38 heavy (non-hydrogen) atoms. The number of nitrogens with zero attached hydrogens (tertiary/aromatic N) is 2. The van der Waals surface area contributed by atoms with Crippen LogP contribution in [0.25, 0.3) is 21.1 Å². The number of nitrogen functional groups attached to an aromatic ring is 1. The third-order valence-corrected chi connectivity index (χ3v) is 7.40. The first kappa shape index (κ1) is 27.0. The number of carbonyl (C=O) groups excluding carboxylic acids is 1. The smallest absolute Gasteiger partial charge is 0.228 e. The van der Waals surface area contributed by atoms with Crippen LogP contribution in [-0.4, -0.2) is 37.2 Å². The number of thiazole rings is 2. The van der Waals surface area contributed by atoms with Gasteiger partial charge in [-0.15, -0.1) is 11.3 Å². The van der Waals surface area contributed by atoms with Gasteiger partial charge < -0.3 is 30.6 Å². The second-order valence-corrected chi connectivity index (χ2v) is 9.88. The summed E-state index contributed by atoms with van der Waals surface area (Å²) in [6, 6.07) is 11.2. The largest absolute Gasteiger partial charge is 0.493 e. The normalized spacial score (nSPS) is 10.9. The van der Waals surface area contributed by atoms with Crippen LogP contribution in [-0.2, 0) is 4.79 Å². The molecule has 4 N–H and O–H groups in total. The van der Waals surface area contributed by atoms with Crippen LogP contribution >= 0.6 is 22.7 Å². The Morgan fingerprint density at radius 2 is 1.79 bits per heavy atom. The number of hydrogen-bond donors (Lipinski definition) is 3. The minimum Gasteiger partial charge on any atom is -0.493 e. The molecule has 0 aliphatic heterocycles. The van der Waals surface area contributed by atoms with Crippen LogP contribution in [0.15, 0.2) is 53.9 Å². The highest BCUT2D eigenvalue weighted by molar-refractivity contribution is 7.23. The monoisotopic (exact) mass is 551 g/mol. The van der Waals surface area contributed by atoms with Gasteiger partial charge in [-0.2, -0.15) is 0 Å². The van der Waals surface area contributed by atoms with Gasteiger partial charge in [-0.05, 0) is 18.6 Å². The van der Waals surface area contributed by atoms with E-state index in [1.165, 1.54) is 22.7 Å². The number of rotatable bonds is 11. The van der Waals surface area contributed by atoms with Gasteiger partial charge >= 0.3 is 0 Å². The van der Waals surface area contributed by atoms with E-state index in [1.807, 2.05) is 48.7 Å². The van der Waals surface area contributed by atoms with Gasteiger partial charge in [0, 0.05) is 40.9 Å². The SMILES string of the molecule is CC/C=C/CC(=O)Nc1cccc(-c2csc(-c3sc(Nc4cc(OC)c(OC)c(OC)c4)nc3N)n2)c1. The van der Waals surface area contributed by atoms with Crippen molar-refractivity contribution in [2.24, 2.45) is 0 Å². The van der Waals surface area contributed by atoms with E-state index in [4.69, 9.17) is 24.9 Å². The Morgan fingerprint density at radius 1 is 1.03 bits per heavy atom. The van der Waals surface area contributed by atoms with Crippen LogP contribution in [0, 0.1) is 0 Å². The number of nitrogens with two attached hydrogens (primary N) is 1. The van der Waals surface area contributed by atoms with Crippen molar-refractivity contribution in [3.63, 3.8) is 0 Å². The standard InChI is InChI=1S/C27H29N5O4S2/c1-5-6-7-11-22(33)29-17-10-8-9-16(12-17)19-15-37-26(31-19)24-25(28)32-27(38-24)30-18-13-20(34-2)23(36-4)21(14-18)35-3/h6-10,12-15H,5,11,28H2,1-4H3,(H,29,33)(H,30,32)/b7-6+. The molecule has 0 unspecified atom stereocenters. The number of nitrogens with one attached hydrogen (secondary N) is 2. The molecule has 0 atom stereocenters. The van der Waals surface area contributed by atoms with Gasteiger partial charge in [0.25, 0.3) is 0 Å². The lowest BCUT2D eigenvalue weighted by atomic mass is 10.1. The molecule has 11 heteroatoms. The quantitative estimate of drug-likeness (QED) is 0.179. The van der Waals surface area contributed by atoms with Gasteiger partial charge in [0.2, 0.25) is 11.7 Å². The highest BCUT2D eigenvalue weighted by Crippen LogP contribution is 2.43. The lowest BCUT2D eigenvalue weighted by Crippen LogP contribution is -2.09. The van der Waals surface area contributed by atoms with Crippen molar-refractivity contribution in [1.29, 1.82) is 0 Å². The van der Waals surface area contributed by atoms with Crippen LogP contribution in [0.4, 0.5) is 22.3 Å². The molecule has 0 fully saturated rings. The van der Waals surface area contributed by atoms with Gasteiger partial charge in [0.1, 0.15) is 15.7 Å². The van der Waals surface area contributed by atoms with E-state index in [2.05, 4.69) is 15.6 Å². The van der Waals surface area contributed by atoms with E-state index in [-0.39, 0.29) is 5.91 Å². The van der Waals surface area contributed by atoms with Gasteiger partial charge in [-0.3, -0.25) is 4.79 Å². The van der Waals surface area contributed by atoms with Crippen molar-refractivity contribution in [2.75, 3.05) is 37.7 Å². The molecule has 0 saturated carbocycles. The van der Waals surface area contributed by atoms with Crippen molar-refractivity contribution in [2.45, 2.75) is 19.8 Å². The molecule has 0 spiro atoms. The van der Waals surface area contributed by atoms with Gasteiger partial charge in [-0.25, -0.2) is 9.97 Å². The lowest BCUT2D eigenvalue weighted by molar-refractivity contribution is -0.115. The second kappa shape index (κ2) is 12.4. The van der Waals surface area contributed by atoms with Gasteiger partial charge in [0.15, 0.2) is 16.6 Å². The number of hydrogen-bond acceptors (Lipinski definition) is 10. The van der Waals surface area contributed by atoms with Gasteiger partial charge in [-0.1, -0.05) is 42.5 Å². The Kier molecular flexibility index (Phi) is 8.82. The number of ether oxygens (including phenoxy) is 3. The van der Waals surface area contributed by atoms with E-state index >= 15 is 0 Å². The molecule has 0 saturated heterocycles. The fourth-order valence-electron chi connectivity index (χ4n) is 3.65. The summed E-state index contributed by atoms with van der Waals surface area (Å²) in [5.41, 5.74) is 9.39. The van der Waals surface area contributed by atoms with E-state index in [0.29, 0.717) is 40.3 Å². The van der Waals surface area contributed by atoms with E-state index in [1.54, 1.807) is 33.5 Å². The summed E-state index contributed by atoms with van der Waals surface area (Å²) in [6.07, 6.45) is 5.09. The Morgan fingerprint density at radius 3 is 2.47 bits per heavy atom. The number of amides is 1. The predicted molar refractivity (Wildman–Crippen MR) is 155 cm³/mol. The fourth-order valence-corrected chi connectivity index (χ4v) is 5.48. The fraction of sp³-hybridized carbons (Fsp3) is 0.222. The van der Waals surface area contributed by atoms with Crippen LogP contribution in [0.3, 0.4) is 0 Å². The summed E-state index contributed by atoms with van der Waals surface area (Å²) < 4.78 is 16.2. The topological polar surface area (TPSA) is 121 Å². The lowest BCUT2D eigenvalue weighted by Gasteiger charge is -2.14. The Hall–Kier alpha value is -4.09. The molecule has 2 aromatic carbocycles. The molecule has 0 radical (unpaired) electrons. The van der Waals surface area contributed by atoms with Crippen molar-refractivity contribution in [3.8, 4) is 38.4 Å². The number of allylic oxidation sites excluding steroid dienone is 1. The van der Waals surface area contributed by atoms with Crippen LogP contribution in [0.2, 0.25) is 0 Å². The Labute approximate surface area is 229 Å². The van der Waals surface area contributed by atoms with Gasteiger partial charge in [0.05, 0.1) is 27.0 Å². The molecule has 0 bridgehead atoms. The molecular weight excluding hydrogens is 522 g/mol. The molecule has 2 heterocycles. The zero-order chi connectivity index (χ0) is 27.1. The maximum Gasteiger partial charge on any atom is 0.228 e. The second-order valence-electron chi connectivity index (χ2n) is 8.02. The van der Waals surface area contributed by atoms with E-state index in [0.717, 1.165) is 33.3 Å².